The Morgan fingerprint density at radius 1 is 1.29 bits per heavy atom. The SMILES string of the molecule is N=C1OC2CC3(O)CC(OC3=O)C2O1. The van der Waals surface area contributed by atoms with Gasteiger partial charge in [0, 0.05) is 12.8 Å². The predicted molar refractivity (Wildman–Crippen MR) is 41.5 cm³/mol. The lowest BCUT2D eigenvalue weighted by Crippen LogP contribution is -2.47. The monoisotopic (exact) mass is 199 g/mol. The van der Waals surface area contributed by atoms with Crippen LogP contribution in [0.5, 0.6) is 0 Å². The second kappa shape index (κ2) is 2.20. The Labute approximate surface area is 79.3 Å². The van der Waals surface area contributed by atoms with Gasteiger partial charge in [-0.25, -0.2) is 10.2 Å². The van der Waals surface area contributed by atoms with E-state index in [2.05, 4.69) is 0 Å². The molecule has 6 nitrogen and oxygen atoms in total. The molecule has 3 rings (SSSR count). The van der Waals surface area contributed by atoms with E-state index in [9.17, 15) is 9.90 Å². The number of ether oxygens (including phenoxy) is 3. The summed E-state index contributed by atoms with van der Waals surface area (Å²) >= 11 is 0. The van der Waals surface area contributed by atoms with E-state index in [0.29, 0.717) is 0 Å². The first-order valence-corrected chi connectivity index (χ1v) is 4.44. The zero-order valence-electron chi connectivity index (χ0n) is 7.23. The van der Waals surface area contributed by atoms with Crippen molar-refractivity contribution in [1.29, 1.82) is 5.41 Å². The van der Waals surface area contributed by atoms with Crippen LogP contribution in [0, 0.1) is 5.41 Å². The highest BCUT2D eigenvalue weighted by molar-refractivity contribution is 5.82. The Morgan fingerprint density at radius 3 is 2.64 bits per heavy atom. The number of hydrogen-bond acceptors (Lipinski definition) is 6. The van der Waals surface area contributed by atoms with Gasteiger partial charge in [-0.15, -0.1) is 0 Å². The molecule has 3 fully saturated rings. The lowest BCUT2D eigenvalue weighted by Gasteiger charge is -2.28. The van der Waals surface area contributed by atoms with Gasteiger partial charge in [0.15, 0.2) is 11.7 Å². The van der Waals surface area contributed by atoms with Gasteiger partial charge in [0.05, 0.1) is 0 Å². The van der Waals surface area contributed by atoms with Gasteiger partial charge in [-0.1, -0.05) is 0 Å². The van der Waals surface area contributed by atoms with Crippen molar-refractivity contribution in [1.82, 2.24) is 0 Å². The van der Waals surface area contributed by atoms with E-state index in [1.165, 1.54) is 0 Å². The Kier molecular flexibility index (Phi) is 1.26. The van der Waals surface area contributed by atoms with Crippen LogP contribution in [-0.2, 0) is 19.0 Å². The fraction of sp³-hybridized carbons (Fsp3) is 0.750. The molecule has 1 saturated carbocycles. The van der Waals surface area contributed by atoms with Gasteiger partial charge in [-0.2, -0.15) is 0 Å². The standard InChI is InChI=1S/C8H9NO5/c9-7-13-4-2-8(11)1-3(5(4)14-7)12-6(8)10/h3-5,9,11H,1-2H2. The minimum Gasteiger partial charge on any atom is -0.456 e. The average Bonchev–Trinajstić information content (AvgIpc) is 2.54. The van der Waals surface area contributed by atoms with Crippen molar-refractivity contribution < 1.29 is 24.1 Å². The van der Waals surface area contributed by atoms with Crippen molar-refractivity contribution in [2.24, 2.45) is 0 Å². The van der Waals surface area contributed by atoms with Crippen molar-refractivity contribution >= 4 is 12.1 Å². The molecule has 0 spiro atoms. The number of fused-ring (bicyclic) bond motifs is 4. The molecule has 0 aromatic heterocycles. The van der Waals surface area contributed by atoms with Crippen molar-refractivity contribution in [2.45, 2.75) is 36.8 Å². The minimum absolute atomic E-state index is 0.148. The molecule has 4 unspecified atom stereocenters. The summed E-state index contributed by atoms with van der Waals surface area (Å²) in [6, 6.07) is 0. The molecule has 0 aromatic carbocycles. The zero-order valence-corrected chi connectivity index (χ0v) is 7.23. The molecule has 2 bridgehead atoms. The van der Waals surface area contributed by atoms with E-state index in [1.807, 2.05) is 0 Å². The highest BCUT2D eigenvalue weighted by atomic mass is 16.7. The third kappa shape index (κ3) is 0.836. The van der Waals surface area contributed by atoms with Crippen LogP contribution < -0.4 is 0 Å². The molecule has 2 saturated heterocycles. The highest BCUT2D eigenvalue weighted by Crippen LogP contribution is 2.42. The molecule has 4 atom stereocenters. The van der Waals surface area contributed by atoms with E-state index in [1.54, 1.807) is 0 Å². The van der Waals surface area contributed by atoms with Crippen LogP contribution in [0.15, 0.2) is 0 Å². The molecular formula is C8H9NO5. The number of hydrogen-bond donors (Lipinski definition) is 2. The van der Waals surface area contributed by atoms with Crippen molar-refractivity contribution in [3.63, 3.8) is 0 Å². The number of carbonyl (C=O) groups excluding carboxylic acids is 1. The third-order valence-corrected chi connectivity index (χ3v) is 2.95. The average molecular weight is 199 g/mol. The zero-order chi connectivity index (χ0) is 9.92. The first kappa shape index (κ1) is 8.05. The highest BCUT2D eigenvalue weighted by Gasteiger charge is 2.61. The normalized spacial score (nSPS) is 49.4. The molecule has 6 heteroatoms. The number of esters is 1. The largest absolute Gasteiger partial charge is 0.456 e. The fourth-order valence-corrected chi connectivity index (χ4v) is 2.29. The molecular weight excluding hydrogens is 190 g/mol. The van der Waals surface area contributed by atoms with Crippen LogP contribution in [-0.4, -0.2) is 41.1 Å². The maximum Gasteiger partial charge on any atom is 0.381 e. The molecule has 2 aliphatic heterocycles. The lowest BCUT2D eigenvalue weighted by atomic mass is 9.82. The summed E-state index contributed by atoms with van der Waals surface area (Å²) in [5, 5.41) is 17.0. The van der Waals surface area contributed by atoms with E-state index in [0.717, 1.165) is 0 Å². The van der Waals surface area contributed by atoms with E-state index >= 15 is 0 Å². The molecule has 76 valence electrons. The summed E-state index contributed by atoms with van der Waals surface area (Å²) in [5.74, 6) is -0.601. The topological polar surface area (TPSA) is 88.8 Å². The third-order valence-electron chi connectivity index (χ3n) is 2.95. The predicted octanol–water partition coefficient (Wildman–Crippen LogP) is -0.845. The van der Waals surface area contributed by atoms with Gasteiger partial charge in [-0.05, 0) is 0 Å². The lowest BCUT2D eigenvalue weighted by molar-refractivity contribution is -0.154. The molecule has 2 heterocycles. The molecule has 14 heavy (non-hydrogen) atoms. The van der Waals surface area contributed by atoms with Gasteiger partial charge in [0.25, 0.3) is 0 Å². The quantitative estimate of drug-likeness (QED) is 0.496. The maximum absolute atomic E-state index is 11.3. The Balaban J connectivity index is 1.94. The van der Waals surface area contributed by atoms with Crippen LogP contribution in [0.4, 0.5) is 0 Å². The van der Waals surface area contributed by atoms with Crippen molar-refractivity contribution in [2.75, 3.05) is 0 Å². The van der Waals surface area contributed by atoms with E-state index < -0.39 is 29.9 Å². The van der Waals surface area contributed by atoms with Crippen molar-refractivity contribution in [3.05, 3.63) is 0 Å². The Hall–Kier alpha value is -1.30. The van der Waals surface area contributed by atoms with Crippen LogP contribution in [0.2, 0.25) is 0 Å². The summed E-state index contributed by atoms with van der Waals surface area (Å²) in [6.07, 6.45) is -1.20. The van der Waals surface area contributed by atoms with Crippen LogP contribution in [0.3, 0.4) is 0 Å². The first-order valence-electron chi connectivity index (χ1n) is 4.44. The summed E-state index contributed by atoms with van der Waals surface area (Å²) < 4.78 is 15.0. The second-order valence-corrected chi connectivity index (χ2v) is 3.91. The van der Waals surface area contributed by atoms with Crippen molar-refractivity contribution in [3.8, 4) is 0 Å². The number of rotatable bonds is 0. The van der Waals surface area contributed by atoms with E-state index in [4.69, 9.17) is 19.6 Å². The summed E-state index contributed by atoms with van der Waals surface area (Å²) in [7, 11) is 0. The summed E-state index contributed by atoms with van der Waals surface area (Å²) in [4.78, 5) is 11.3. The Bertz CT molecular complexity index is 328. The van der Waals surface area contributed by atoms with Gasteiger partial charge >= 0.3 is 12.1 Å². The van der Waals surface area contributed by atoms with Crippen LogP contribution in [0.25, 0.3) is 0 Å². The first-order chi connectivity index (χ1) is 6.58. The van der Waals surface area contributed by atoms with Gasteiger partial charge < -0.3 is 19.3 Å². The summed E-state index contributed by atoms with van der Waals surface area (Å²) in [5.41, 5.74) is -1.43. The molecule has 0 radical (unpaired) electrons. The Morgan fingerprint density at radius 2 is 1.93 bits per heavy atom. The number of aliphatic hydroxyl groups is 1. The van der Waals surface area contributed by atoms with Gasteiger partial charge in [0.1, 0.15) is 12.2 Å². The van der Waals surface area contributed by atoms with Crippen LogP contribution in [0.1, 0.15) is 12.8 Å². The molecule has 2 N–H and O–H groups in total. The maximum atomic E-state index is 11.3. The van der Waals surface area contributed by atoms with Gasteiger partial charge in [0.2, 0.25) is 0 Å². The number of nitrogens with one attached hydrogen (secondary N) is 1. The van der Waals surface area contributed by atoms with Crippen LogP contribution >= 0.6 is 0 Å². The number of carbonyl (C=O) groups is 1. The fourth-order valence-electron chi connectivity index (χ4n) is 2.29. The van der Waals surface area contributed by atoms with Gasteiger partial charge in [-0.3, -0.25) is 0 Å². The molecule has 0 aromatic rings. The molecule has 0 amide bonds. The minimum atomic E-state index is -1.43. The smallest absolute Gasteiger partial charge is 0.381 e. The second-order valence-electron chi connectivity index (χ2n) is 3.91. The molecule has 1 aliphatic carbocycles. The molecule has 3 aliphatic rings. The summed E-state index contributed by atoms with van der Waals surface area (Å²) in [6.45, 7) is 0. The van der Waals surface area contributed by atoms with E-state index in [-0.39, 0.29) is 18.9 Å².